The minimum Gasteiger partial charge on any atom is -0.330 e. The maximum Gasteiger partial charge on any atom is 0.0233 e. The van der Waals surface area contributed by atoms with Gasteiger partial charge in [0, 0.05) is 13.1 Å². The van der Waals surface area contributed by atoms with Gasteiger partial charge in [-0.15, -0.1) is 0 Å². The maximum atomic E-state index is 5.73. The molecule has 1 aromatic carbocycles. The van der Waals surface area contributed by atoms with Crippen molar-refractivity contribution in [3.8, 4) is 0 Å². The van der Waals surface area contributed by atoms with Crippen LogP contribution in [0.1, 0.15) is 18.9 Å². The van der Waals surface area contributed by atoms with Crippen molar-refractivity contribution < 1.29 is 0 Å². The van der Waals surface area contributed by atoms with E-state index in [9.17, 15) is 0 Å². The van der Waals surface area contributed by atoms with Gasteiger partial charge in [0.25, 0.3) is 0 Å². The van der Waals surface area contributed by atoms with Crippen LogP contribution in [0.4, 0.5) is 0 Å². The quantitative estimate of drug-likeness (QED) is 0.838. The van der Waals surface area contributed by atoms with Gasteiger partial charge < -0.3 is 5.73 Å². The minimum absolute atomic E-state index is 0.667. The molecule has 1 heterocycles. The van der Waals surface area contributed by atoms with Gasteiger partial charge in [0.2, 0.25) is 0 Å². The molecule has 0 saturated carbocycles. The average Bonchev–Trinajstić information content (AvgIpc) is 2.78. The lowest BCUT2D eigenvalue weighted by Crippen LogP contribution is -2.25. The Balaban J connectivity index is 1.85. The normalized spacial score (nSPS) is 23.5. The van der Waals surface area contributed by atoms with Crippen LogP contribution in [0.5, 0.6) is 0 Å². The molecule has 2 nitrogen and oxygen atoms in total. The summed E-state index contributed by atoms with van der Waals surface area (Å²) in [5.74, 6) is 1.47. The van der Waals surface area contributed by atoms with Crippen molar-refractivity contribution in [2.45, 2.75) is 19.9 Å². The second-order valence-electron chi connectivity index (χ2n) is 4.98. The van der Waals surface area contributed by atoms with Crippen LogP contribution in [0.25, 0.3) is 0 Å². The van der Waals surface area contributed by atoms with E-state index in [1.807, 2.05) is 0 Å². The number of benzene rings is 1. The minimum atomic E-state index is 0.667. The predicted molar refractivity (Wildman–Crippen MR) is 68.0 cm³/mol. The Morgan fingerprint density at radius 2 is 2.12 bits per heavy atom. The first-order valence-electron chi connectivity index (χ1n) is 6.26. The average molecular weight is 218 g/mol. The third kappa shape index (κ3) is 2.83. The Kier molecular flexibility index (Phi) is 3.97. The van der Waals surface area contributed by atoms with Crippen LogP contribution in [0, 0.1) is 11.8 Å². The van der Waals surface area contributed by atoms with Crippen LogP contribution in [0.2, 0.25) is 0 Å². The molecule has 0 radical (unpaired) electrons. The van der Waals surface area contributed by atoms with E-state index >= 15 is 0 Å². The van der Waals surface area contributed by atoms with Gasteiger partial charge in [-0.25, -0.2) is 0 Å². The molecular weight excluding hydrogens is 196 g/mol. The van der Waals surface area contributed by atoms with Gasteiger partial charge in [-0.3, -0.25) is 4.90 Å². The summed E-state index contributed by atoms with van der Waals surface area (Å²) in [5, 5.41) is 0. The molecule has 0 bridgehead atoms. The van der Waals surface area contributed by atoms with Crippen LogP contribution in [-0.4, -0.2) is 24.5 Å². The molecule has 1 fully saturated rings. The van der Waals surface area contributed by atoms with Crippen LogP contribution in [0.15, 0.2) is 30.3 Å². The molecule has 1 aliphatic heterocycles. The molecule has 2 atom stereocenters. The number of hydrogen-bond donors (Lipinski definition) is 1. The van der Waals surface area contributed by atoms with Gasteiger partial charge in [0.1, 0.15) is 0 Å². The Morgan fingerprint density at radius 1 is 1.38 bits per heavy atom. The van der Waals surface area contributed by atoms with E-state index in [-0.39, 0.29) is 0 Å². The molecule has 0 aliphatic carbocycles. The number of likely N-dealkylation sites (tertiary alicyclic amines) is 1. The summed E-state index contributed by atoms with van der Waals surface area (Å²) >= 11 is 0. The Bertz CT molecular complexity index is 310. The zero-order valence-electron chi connectivity index (χ0n) is 10.1. The van der Waals surface area contributed by atoms with E-state index in [1.54, 1.807) is 0 Å². The molecule has 16 heavy (non-hydrogen) atoms. The van der Waals surface area contributed by atoms with Gasteiger partial charge in [0.15, 0.2) is 0 Å². The summed E-state index contributed by atoms with van der Waals surface area (Å²) in [6.45, 7) is 6.63. The summed E-state index contributed by atoms with van der Waals surface area (Å²) in [7, 11) is 0. The number of nitrogens with two attached hydrogens (primary N) is 1. The molecule has 2 rings (SSSR count). The molecule has 1 saturated heterocycles. The highest BCUT2D eigenvalue weighted by Gasteiger charge is 2.25. The number of hydrogen-bond acceptors (Lipinski definition) is 2. The molecule has 0 aromatic heterocycles. The summed E-state index contributed by atoms with van der Waals surface area (Å²) < 4.78 is 0. The first-order chi connectivity index (χ1) is 7.79. The topological polar surface area (TPSA) is 29.3 Å². The number of nitrogens with zero attached hydrogens (tertiary/aromatic N) is 1. The Labute approximate surface area is 98.4 Å². The van der Waals surface area contributed by atoms with Gasteiger partial charge in [0.05, 0.1) is 0 Å². The van der Waals surface area contributed by atoms with Crippen molar-refractivity contribution >= 4 is 0 Å². The van der Waals surface area contributed by atoms with E-state index in [1.165, 1.54) is 25.1 Å². The zero-order valence-corrected chi connectivity index (χ0v) is 10.1. The fourth-order valence-corrected chi connectivity index (χ4v) is 2.50. The Hall–Kier alpha value is -0.860. The molecule has 2 N–H and O–H groups in total. The standard InChI is InChI=1S/C14H22N2/c1-12(9-15)14-7-8-16(11-14)10-13-5-3-2-4-6-13/h2-6,12,14H,7-11,15H2,1H3. The van der Waals surface area contributed by atoms with Crippen LogP contribution in [0.3, 0.4) is 0 Å². The summed E-state index contributed by atoms with van der Waals surface area (Å²) in [4.78, 5) is 2.55. The molecule has 1 aromatic rings. The molecule has 2 heteroatoms. The highest BCUT2D eigenvalue weighted by Crippen LogP contribution is 2.24. The first kappa shape index (κ1) is 11.6. The van der Waals surface area contributed by atoms with Gasteiger partial charge in [-0.2, -0.15) is 0 Å². The van der Waals surface area contributed by atoms with Crippen molar-refractivity contribution in [1.82, 2.24) is 4.90 Å². The van der Waals surface area contributed by atoms with Crippen molar-refractivity contribution in [1.29, 1.82) is 0 Å². The van der Waals surface area contributed by atoms with E-state index < -0.39 is 0 Å². The first-order valence-corrected chi connectivity index (χ1v) is 6.26. The van der Waals surface area contributed by atoms with E-state index in [0.29, 0.717) is 5.92 Å². The van der Waals surface area contributed by atoms with Crippen molar-refractivity contribution in [3.63, 3.8) is 0 Å². The third-order valence-corrected chi connectivity index (χ3v) is 3.73. The van der Waals surface area contributed by atoms with Gasteiger partial charge in [-0.1, -0.05) is 37.3 Å². The summed E-state index contributed by atoms with van der Waals surface area (Å²) in [6.07, 6.45) is 1.31. The second-order valence-corrected chi connectivity index (χ2v) is 4.98. The van der Waals surface area contributed by atoms with Crippen LogP contribution < -0.4 is 5.73 Å². The largest absolute Gasteiger partial charge is 0.330 e. The van der Waals surface area contributed by atoms with E-state index in [0.717, 1.165) is 19.0 Å². The van der Waals surface area contributed by atoms with E-state index in [4.69, 9.17) is 5.73 Å². The molecule has 0 spiro atoms. The highest BCUT2D eigenvalue weighted by atomic mass is 15.1. The molecule has 88 valence electrons. The fraction of sp³-hybridized carbons (Fsp3) is 0.571. The molecule has 2 unspecified atom stereocenters. The monoisotopic (exact) mass is 218 g/mol. The summed E-state index contributed by atoms with van der Waals surface area (Å²) in [5.41, 5.74) is 7.15. The van der Waals surface area contributed by atoms with Crippen molar-refractivity contribution in [3.05, 3.63) is 35.9 Å². The molecular formula is C14H22N2. The second kappa shape index (κ2) is 5.46. The highest BCUT2D eigenvalue weighted by molar-refractivity contribution is 5.14. The zero-order chi connectivity index (χ0) is 11.4. The molecule has 0 amide bonds. The lowest BCUT2D eigenvalue weighted by molar-refractivity contribution is 0.292. The lowest BCUT2D eigenvalue weighted by Gasteiger charge is -2.19. The molecule has 1 aliphatic rings. The van der Waals surface area contributed by atoms with Gasteiger partial charge >= 0.3 is 0 Å². The van der Waals surface area contributed by atoms with Crippen LogP contribution >= 0.6 is 0 Å². The lowest BCUT2D eigenvalue weighted by atomic mass is 9.94. The third-order valence-electron chi connectivity index (χ3n) is 3.73. The fourth-order valence-electron chi connectivity index (χ4n) is 2.50. The van der Waals surface area contributed by atoms with Crippen LogP contribution in [-0.2, 0) is 6.54 Å². The number of rotatable bonds is 4. The van der Waals surface area contributed by atoms with Crippen molar-refractivity contribution in [2.24, 2.45) is 17.6 Å². The maximum absolute atomic E-state index is 5.73. The smallest absolute Gasteiger partial charge is 0.0233 e. The predicted octanol–water partition coefficient (Wildman–Crippen LogP) is 2.10. The van der Waals surface area contributed by atoms with Crippen molar-refractivity contribution in [2.75, 3.05) is 19.6 Å². The summed E-state index contributed by atoms with van der Waals surface area (Å²) in [6, 6.07) is 10.7. The SMILES string of the molecule is CC(CN)C1CCN(Cc2ccccc2)C1. The van der Waals surface area contributed by atoms with Gasteiger partial charge in [-0.05, 0) is 36.9 Å². The Morgan fingerprint density at radius 3 is 2.81 bits per heavy atom. The van der Waals surface area contributed by atoms with E-state index in [2.05, 4.69) is 42.2 Å².